The third kappa shape index (κ3) is 4.36. The maximum atomic E-state index is 13.0. The second-order valence-corrected chi connectivity index (χ2v) is 7.80. The van der Waals surface area contributed by atoms with E-state index in [4.69, 9.17) is 11.6 Å². The Kier molecular flexibility index (Phi) is 7.62. The van der Waals surface area contributed by atoms with Crippen LogP contribution in [0.1, 0.15) is 31.7 Å². The van der Waals surface area contributed by atoms with Crippen LogP contribution in [-0.4, -0.2) is 38.4 Å². The molecule has 0 saturated carbocycles. The van der Waals surface area contributed by atoms with E-state index in [9.17, 15) is 8.42 Å². The predicted octanol–water partition coefficient (Wildman–Crippen LogP) is 3.22. The first kappa shape index (κ1) is 19.7. The highest BCUT2D eigenvalue weighted by Crippen LogP contribution is 2.27. The van der Waals surface area contributed by atoms with Gasteiger partial charge in [0, 0.05) is 17.6 Å². The first-order valence-corrected chi connectivity index (χ1v) is 9.27. The Hall–Kier alpha value is -0.330. The van der Waals surface area contributed by atoms with Crippen LogP contribution in [0.5, 0.6) is 0 Å². The van der Waals surface area contributed by atoms with Gasteiger partial charge in [-0.3, -0.25) is 0 Å². The van der Waals surface area contributed by atoms with Gasteiger partial charge in [0.15, 0.2) is 0 Å². The molecule has 2 rings (SSSR count). The van der Waals surface area contributed by atoms with Crippen LogP contribution in [0.15, 0.2) is 23.1 Å². The van der Waals surface area contributed by atoms with E-state index < -0.39 is 10.0 Å². The van der Waals surface area contributed by atoms with Gasteiger partial charge in [-0.2, -0.15) is 4.31 Å². The highest BCUT2D eigenvalue weighted by molar-refractivity contribution is 7.89. The molecule has 0 unspecified atom stereocenters. The smallest absolute Gasteiger partial charge is 0.243 e. The molecule has 126 valence electrons. The summed E-state index contributed by atoms with van der Waals surface area (Å²) in [5, 5.41) is 3.74. The number of rotatable bonds is 5. The molecule has 22 heavy (non-hydrogen) atoms. The van der Waals surface area contributed by atoms with Crippen LogP contribution in [0, 0.1) is 6.92 Å². The maximum Gasteiger partial charge on any atom is 0.243 e. The number of benzene rings is 1. The molecule has 0 aromatic heterocycles. The minimum atomic E-state index is -3.49. The first-order chi connectivity index (χ1) is 9.96. The van der Waals surface area contributed by atoms with E-state index in [1.54, 1.807) is 22.5 Å². The van der Waals surface area contributed by atoms with Crippen LogP contribution in [0.2, 0.25) is 5.02 Å². The van der Waals surface area contributed by atoms with Crippen molar-refractivity contribution < 1.29 is 8.42 Å². The largest absolute Gasteiger partial charge is 0.317 e. The van der Waals surface area contributed by atoms with Crippen molar-refractivity contribution in [2.75, 3.05) is 19.6 Å². The summed E-state index contributed by atoms with van der Waals surface area (Å²) in [6, 6.07) is 5.14. The summed E-state index contributed by atoms with van der Waals surface area (Å²) >= 11 is 6.00. The third-order valence-electron chi connectivity index (χ3n) is 3.90. The zero-order valence-electron chi connectivity index (χ0n) is 13.0. The maximum absolute atomic E-state index is 13.0. The lowest BCUT2D eigenvalue weighted by atomic mass is 10.1. The van der Waals surface area contributed by atoms with Gasteiger partial charge in [-0.1, -0.05) is 24.6 Å². The molecule has 1 fully saturated rings. The average molecular weight is 367 g/mol. The molecule has 1 heterocycles. The van der Waals surface area contributed by atoms with Crippen molar-refractivity contribution in [2.45, 2.75) is 44.0 Å². The molecular formula is C15H24Cl2N2O2S. The molecule has 1 aromatic rings. The Morgan fingerprint density at radius 3 is 2.55 bits per heavy atom. The molecule has 0 radical (unpaired) electrons. The van der Waals surface area contributed by atoms with Gasteiger partial charge >= 0.3 is 0 Å². The standard InChI is InChI=1S/C15H23ClN2O2S.ClH/c1-3-10-18(14-6-8-17-9-7-14)21(19,20)15-11-13(16)5-4-12(15)2;/h4-5,11,14,17H,3,6-10H2,1-2H3;1H. The number of nitrogens with one attached hydrogen (secondary N) is 1. The van der Waals surface area contributed by atoms with Crippen LogP contribution in [0.3, 0.4) is 0 Å². The number of hydrogen-bond donors (Lipinski definition) is 1. The molecule has 0 spiro atoms. The van der Waals surface area contributed by atoms with Crippen molar-refractivity contribution in [3.05, 3.63) is 28.8 Å². The van der Waals surface area contributed by atoms with Crippen molar-refractivity contribution in [3.63, 3.8) is 0 Å². The second-order valence-electron chi connectivity index (χ2n) is 5.51. The third-order valence-corrected chi connectivity index (χ3v) is 6.23. The average Bonchev–Trinajstić information content (AvgIpc) is 2.48. The number of halogens is 2. The summed E-state index contributed by atoms with van der Waals surface area (Å²) in [6.45, 7) is 6.12. The van der Waals surface area contributed by atoms with E-state index in [0.717, 1.165) is 37.9 Å². The molecule has 7 heteroatoms. The summed E-state index contributed by atoms with van der Waals surface area (Å²) in [4.78, 5) is 0.335. The first-order valence-electron chi connectivity index (χ1n) is 7.45. The topological polar surface area (TPSA) is 49.4 Å². The normalized spacial score (nSPS) is 16.5. The van der Waals surface area contributed by atoms with Gasteiger partial charge in [-0.05, 0) is 57.0 Å². The Morgan fingerprint density at radius 2 is 1.95 bits per heavy atom. The van der Waals surface area contributed by atoms with E-state index in [0.29, 0.717) is 16.5 Å². The molecule has 1 aliphatic rings. The van der Waals surface area contributed by atoms with Gasteiger partial charge in [-0.25, -0.2) is 8.42 Å². The highest BCUT2D eigenvalue weighted by atomic mass is 35.5. The van der Waals surface area contributed by atoms with Gasteiger partial charge in [0.2, 0.25) is 10.0 Å². The fourth-order valence-corrected chi connectivity index (χ4v) is 5.06. The second kappa shape index (κ2) is 8.50. The number of aryl methyl sites for hydroxylation is 1. The monoisotopic (exact) mass is 366 g/mol. The Morgan fingerprint density at radius 1 is 1.32 bits per heavy atom. The van der Waals surface area contributed by atoms with Gasteiger partial charge in [0.05, 0.1) is 4.90 Å². The summed E-state index contributed by atoms with van der Waals surface area (Å²) in [5.74, 6) is 0. The van der Waals surface area contributed by atoms with Gasteiger partial charge in [0.25, 0.3) is 0 Å². The van der Waals surface area contributed by atoms with Crippen LogP contribution >= 0.6 is 24.0 Å². The van der Waals surface area contributed by atoms with Crippen LogP contribution < -0.4 is 5.32 Å². The van der Waals surface area contributed by atoms with Gasteiger partial charge in [0.1, 0.15) is 0 Å². The van der Waals surface area contributed by atoms with E-state index in [-0.39, 0.29) is 18.4 Å². The summed E-state index contributed by atoms with van der Waals surface area (Å²) in [7, 11) is -3.49. The van der Waals surface area contributed by atoms with Gasteiger partial charge < -0.3 is 5.32 Å². The molecule has 0 aliphatic carbocycles. The quantitative estimate of drug-likeness (QED) is 0.869. The molecule has 1 aromatic carbocycles. The van der Waals surface area contributed by atoms with Gasteiger partial charge in [-0.15, -0.1) is 12.4 Å². The lowest BCUT2D eigenvalue weighted by molar-refractivity contribution is 0.262. The molecule has 0 amide bonds. The molecule has 1 saturated heterocycles. The van der Waals surface area contributed by atoms with Crippen LogP contribution in [0.4, 0.5) is 0 Å². The lowest BCUT2D eigenvalue weighted by Gasteiger charge is -2.34. The van der Waals surface area contributed by atoms with E-state index >= 15 is 0 Å². The zero-order chi connectivity index (χ0) is 15.5. The molecule has 1 N–H and O–H groups in total. The number of nitrogens with zero attached hydrogens (tertiary/aromatic N) is 1. The minimum Gasteiger partial charge on any atom is -0.317 e. The molecule has 0 atom stereocenters. The Labute approximate surface area is 144 Å². The Balaban J connectivity index is 0.00000242. The van der Waals surface area contributed by atoms with Crippen molar-refractivity contribution in [1.29, 1.82) is 0 Å². The summed E-state index contributed by atoms with van der Waals surface area (Å²) in [6.07, 6.45) is 2.53. The van der Waals surface area contributed by atoms with E-state index in [1.165, 1.54) is 0 Å². The predicted molar refractivity (Wildman–Crippen MR) is 93.5 cm³/mol. The number of sulfonamides is 1. The minimum absolute atomic E-state index is 0. The van der Waals surface area contributed by atoms with E-state index in [2.05, 4.69) is 5.32 Å². The van der Waals surface area contributed by atoms with Crippen LogP contribution in [0.25, 0.3) is 0 Å². The van der Waals surface area contributed by atoms with Crippen molar-refractivity contribution in [1.82, 2.24) is 9.62 Å². The van der Waals surface area contributed by atoms with Crippen molar-refractivity contribution in [3.8, 4) is 0 Å². The van der Waals surface area contributed by atoms with E-state index in [1.807, 2.05) is 13.8 Å². The number of hydrogen-bond acceptors (Lipinski definition) is 3. The molecule has 1 aliphatic heterocycles. The fraction of sp³-hybridized carbons (Fsp3) is 0.600. The Bertz CT molecular complexity index is 587. The SMILES string of the molecule is CCCN(C1CCNCC1)S(=O)(=O)c1cc(Cl)ccc1C.Cl. The highest BCUT2D eigenvalue weighted by Gasteiger charge is 2.32. The van der Waals surface area contributed by atoms with Crippen molar-refractivity contribution in [2.24, 2.45) is 0 Å². The molecular weight excluding hydrogens is 343 g/mol. The molecule has 0 bridgehead atoms. The number of piperidine rings is 1. The fourth-order valence-electron chi connectivity index (χ4n) is 2.79. The summed E-state index contributed by atoms with van der Waals surface area (Å²) in [5.41, 5.74) is 0.745. The zero-order valence-corrected chi connectivity index (χ0v) is 15.4. The summed E-state index contributed by atoms with van der Waals surface area (Å²) < 4.78 is 27.8. The lowest BCUT2D eigenvalue weighted by Crippen LogP contribution is -2.46. The van der Waals surface area contributed by atoms with Crippen molar-refractivity contribution >= 4 is 34.0 Å². The van der Waals surface area contributed by atoms with Crippen LogP contribution in [-0.2, 0) is 10.0 Å². The molecule has 4 nitrogen and oxygen atoms in total.